The number of nitrogens with zero attached hydrogens (tertiary/aromatic N) is 4. The Balaban J connectivity index is 2.28. The van der Waals surface area contributed by atoms with Gasteiger partial charge < -0.3 is 4.74 Å². The number of rotatable bonds is 8. The van der Waals surface area contributed by atoms with Crippen molar-refractivity contribution in [3.05, 3.63) is 76.7 Å². The Morgan fingerprint density at radius 1 is 1.16 bits per heavy atom. The van der Waals surface area contributed by atoms with Crippen LogP contribution in [0.3, 0.4) is 0 Å². The zero-order chi connectivity index (χ0) is 23.3. The molecule has 2 aromatic carbocycles. The normalized spacial score (nSPS) is 12.2. The molecule has 32 heavy (non-hydrogen) atoms. The lowest BCUT2D eigenvalue weighted by Gasteiger charge is -2.16. The summed E-state index contributed by atoms with van der Waals surface area (Å²) in [4.78, 5) is 20.5. The van der Waals surface area contributed by atoms with E-state index in [4.69, 9.17) is 4.74 Å². The summed E-state index contributed by atoms with van der Waals surface area (Å²) in [5, 5.41) is 4.14. The molecular weight excluding hydrogens is 428 g/mol. The zero-order valence-corrected chi connectivity index (χ0v) is 19.0. The predicted octanol–water partition coefficient (Wildman–Crippen LogP) is 4.06. The molecule has 0 N–H and O–H groups in total. The van der Waals surface area contributed by atoms with Crippen LogP contribution in [0.2, 0.25) is 0 Å². The quantitative estimate of drug-likeness (QED) is 0.377. The van der Waals surface area contributed by atoms with Crippen LogP contribution in [0.15, 0.2) is 69.9 Å². The average molecular weight is 453 g/mol. The van der Waals surface area contributed by atoms with E-state index in [0.29, 0.717) is 11.3 Å². The number of carbonyl (C=O) groups excluding carboxylic acids is 1. The summed E-state index contributed by atoms with van der Waals surface area (Å²) in [5.74, 6) is -0.530. The first-order valence-corrected chi connectivity index (χ1v) is 11.5. The molecule has 0 aliphatic carbocycles. The third-order valence-corrected chi connectivity index (χ3v) is 6.85. The van der Waals surface area contributed by atoms with Gasteiger partial charge in [-0.15, -0.1) is 0 Å². The smallest absolute Gasteiger partial charge is 0.338 e. The molecule has 3 aromatic rings. The van der Waals surface area contributed by atoms with Crippen LogP contribution in [0.4, 0.5) is 5.69 Å². The van der Waals surface area contributed by atoms with Crippen molar-refractivity contribution in [2.45, 2.75) is 32.1 Å². The van der Waals surface area contributed by atoms with Gasteiger partial charge in [0.05, 0.1) is 33.4 Å². The number of benzene rings is 2. The van der Waals surface area contributed by atoms with Gasteiger partial charge in [0, 0.05) is 5.56 Å². The SMILES string of the molecule is C=Nc1ccc(C(=O)OCC)cc1/C(=C(\C)S(=O)(=O)c1ccc(CC)cc1)n1cncn1. The Hall–Kier alpha value is -3.59. The van der Waals surface area contributed by atoms with E-state index < -0.39 is 15.8 Å². The molecule has 0 amide bonds. The molecule has 166 valence electrons. The van der Waals surface area contributed by atoms with Gasteiger partial charge in [-0.3, -0.25) is 4.99 Å². The lowest BCUT2D eigenvalue weighted by Crippen LogP contribution is -2.12. The minimum absolute atomic E-state index is 0.0261. The number of hydrogen-bond acceptors (Lipinski definition) is 7. The maximum absolute atomic E-state index is 13.5. The molecule has 0 saturated carbocycles. The van der Waals surface area contributed by atoms with Gasteiger partial charge in [-0.2, -0.15) is 5.10 Å². The van der Waals surface area contributed by atoms with Crippen LogP contribution in [-0.4, -0.2) is 42.5 Å². The second kappa shape index (κ2) is 9.69. The molecule has 3 rings (SSSR count). The van der Waals surface area contributed by atoms with E-state index in [1.807, 2.05) is 6.92 Å². The molecule has 0 aliphatic heterocycles. The largest absolute Gasteiger partial charge is 0.462 e. The van der Waals surface area contributed by atoms with E-state index in [2.05, 4.69) is 21.8 Å². The number of aryl methyl sites for hydroxylation is 1. The highest BCUT2D eigenvalue weighted by Crippen LogP contribution is 2.34. The van der Waals surface area contributed by atoms with E-state index in [-0.39, 0.29) is 27.7 Å². The first kappa shape index (κ1) is 23.1. The first-order valence-electron chi connectivity index (χ1n) is 10.0. The second-order valence-corrected chi connectivity index (χ2v) is 8.95. The summed E-state index contributed by atoms with van der Waals surface area (Å²) in [6.45, 7) is 8.99. The molecule has 0 atom stereocenters. The van der Waals surface area contributed by atoms with Crippen LogP contribution >= 0.6 is 0 Å². The summed E-state index contributed by atoms with van der Waals surface area (Å²) in [6.07, 6.45) is 3.49. The topological polar surface area (TPSA) is 104 Å². The van der Waals surface area contributed by atoms with Crippen molar-refractivity contribution in [3.63, 3.8) is 0 Å². The highest BCUT2D eigenvalue weighted by atomic mass is 32.2. The fraction of sp³-hybridized carbons (Fsp3) is 0.217. The number of allylic oxidation sites excluding steroid dienone is 1. The van der Waals surface area contributed by atoms with Gasteiger partial charge in [-0.25, -0.2) is 22.9 Å². The van der Waals surface area contributed by atoms with Crippen molar-refractivity contribution < 1.29 is 17.9 Å². The molecule has 1 aromatic heterocycles. The Kier molecular flexibility index (Phi) is 6.99. The fourth-order valence-electron chi connectivity index (χ4n) is 3.21. The highest BCUT2D eigenvalue weighted by Gasteiger charge is 2.25. The van der Waals surface area contributed by atoms with Gasteiger partial charge in [0.15, 0.2) is 0 Å². The van der Waals surface area contributed by atoms with Gasteiger partial charge in [-0.05, 0) is 62.9 Å². The monoisotopic (exact) mass is 452 g/mol. The lowest BCUT2D eigenvalue weighted by atomic mass is 10.1. The Morgan fingerprint density at radius 3 is 2.44 bits per heavy atom. The Morgan fingerprint density at radius 2 is 1.88 bits per heavy atom. The van der Waals surface area contributed by atoms with E-state index in [1.165, 1.54) is 30.3 Å². The molecule has 0 bridgehead atoms. The standard InChI is InChI=1S/C23H24N4O4S/c1-5-17-7-10-19(11-8-17)32(29,30)16(3)22(27-15-25-14-26-27)20-13-18(23(28)31-6-2)9-12-21(20)24-4/h7-15H,4-6H2,1-3H3/b22-16-. The van der Waals surface area contributed by atoms with Gasteiger partial charge in [0.2, 0.25) is 9.84 Å². The number of sulfone groups is 1. The number of aromatic nitrogens is 3. The number of carbonyl (C=O) groups is 1. The van der Waals surface area contributed by atoms with Crippen LogP contribution in [0.1, 0.15) is 42.3 Å². The summed E-state index contributed by atoms with van der Waals surface area (Å²) in [6, 6.07) is 11.4. The van der Waals surface area contributed by atoms with Crippen molar-refractivity contribution in [1.82, 2.24) is 14.8 Å². The van der Waals surface area contributed by atoms with Crippen LogP contribution in [0.5, 0.6) is 0 Å². The maximum Gasteiger partial charge on any atom is 0.338 e. The first-order chi connectivity index (χ1) is 15.3. The van der Waals surface area contributed by atoms with Crippen molar-refractivity contribution in [3.8, 4) is 0 Å². The van der Waals surface area contributed by atoms with Crippen molar-refractivity contribution >= 4 is 33.9 Å². The van der Waals surface area contributed by atoms with Gasteiger partial charge in [0.25, 0.3) is 0 Å². The third kappa shape index (κ3) is 4.52. The summed E-state index contributed by atoms with van der Waals surface area (Å²) in [5.41, 5.74) is 2.25. The molecule has 8 nitrogen and oxygen atoms in total. The maximum atomic E-state index is 13.5. The Bertz CT molecular complexity index is 1260. The third-order valence-electron chi connectivity index (χ3n) is 4.96. The predicted molar refractivity (Wildman–Crippen MR) is 123 cm³/mol. The lowest BCUT2D eigenvalue weighted by molar-refractivity contribution is 0.0526. The molecule has 0 aliphatic rings. The zero-order valence-electron chi connectivity index (χ0n) is 18.1. The number of aliphatic imine (C=N–C) groups is 1. The number of ether oxygens (including phenoxy) is 1. The van der Waals surface area contributed by atoms with E-state index >= 15 is 0 Å². The van der Waals surface area contributed by atoms with Crippen LogP contribution in [-0.2, 0) is 21.0 Å². The molecule has 0 fully saturated rings. The van der Waals surface area contributed by atoms with E-state index in [1.54, 1.807) is 43.3 Å². The van der Waals surface area contributed by atoms with Crippen LogP contribution in [0, 0.1) is 0 Å². The second-order valence-electron chi connectivity index (χ2n) is 6.86. The fourth-order valence-corrected chi connectivity index (χ4v) is 4.52. The molecule has 9 heteroatoms. The van der Waals surface area contributed by atoms with Gasteiger partial charge in [0.1, 0.15) is 12.7 Å². The summed E-state index contributed by atoms with van der Waals surface area (Å²) < 4.78 is 33.4. The molecule has 0 saturated heterocycles. The summed E-state index contributed by atoms with van der Waals surface area (Å²) >= 11 is 0. The van der Waals surface area contributed by atoms with Crippen molar-refractivity contribution in [2.75, 3.05) is 6.61 Å². The minimum Gasteiger partial charge on any atom is -0.462 e. The van der Waals surface area contributed by atoms with Gasteiger partial charge in [-0.1, -0.05) is 19.1 Å². The number of esters is 1. The van der Waals surface area contributed by atoms with E-state index in [0.717, 1.165) is 12.0 Å². The molecule has 1 heterocycles. The van der Waals surface area contributed by atoms with Crippen LogP contribution < -0.4 is 0 Å². The minimum atomic E-state index is -3.89. The van der Waals surface area contributed by atoms with Crippen LogP contribution in [0.25, 0.3) is 5.70 Å². The molecule has 0 unspecified atom stereocenters. The van der Waals surface area contributed by atoms with Gasteiger partial charge >= 0.3 is 5.97 Å². The highest BCUT2D eigenvalue weighted by molar-refractivity contribution is 7.95. The van der Waals surface area contributed by atoms with Crippen molar-refractivity contribution in [2.24, 2.45) is 4.99 Å². The molecule has 0 radical (unpaired) electrons. The Labute approximate surface area is 187 Å². The summed E-state index contributed by atoms with van der Waals surface area (Å²) in [7, 11) is -3.89. The number of hydrogen-bond donors (Lipinski definition) is 0. The molecule has 0 spiro atoms. The van der Waals surface area contributed by atoms with Crippen molar-refractivity contribution in [1.29, 1.82) is 0 Å². The van der Waals surface area contributed by atoms with E-state index in [9.17, 15) is 13.2 Å². The molecular formula is C23H24N4O4S. The average Bonchev–Trinajstić information content (AvgIpc) is 3.33.